The molecule has 0 unspecified atom stereocenters. The average Bonchev–Trinajstić information content (AvgIpc) is 2.56. The number of hydrogen-bond acceptors (Lipinski definition) is 3. The molecule has 0 amide bonds. The Kier molecular flexibility index (Phi) is 2.97. The Morgan fingerprint density at radius 1 is 1.75 bits per heavy atom. The summed E-state index contributed by atoms with van der Waals surface area (Å²) in [6.07, 6.45) is 2.75. The van der Waals surface area contributed by atoms with Crippen LogP contribution in [0, 0.1) is 11.8 Å². The molecule has 3 heteroatoms. The molecule has 1 rings (SSSR count). The van der Waals surface area contributed by atoms with Crippen molar-refractivity contribution in [1.29, 1.82) is 0 Å². The number of hydrogen-bond donors (Lipinski definition) is 0. The van der Waals surface area contributed by atoms with E-state index in [0.29, 0.717) is 5.56 Å². The van der Waals surface area contributed by atoms with Crippen LogP contribution in [0.5, 0.6) is 0 Å². The van der Waals surface area contributed by atoms with Crippen molar-refractivity contribution in [2.24, 2.45) is 0 Å². The van der Waals surface area contributed by atoms with Crippen molar-refractivity contribution in [3.63, 3.8) is 0 Å². The normalized spacial score (nSPS) is 8.42. The highest BCUT2D eigenvalue weighted by atomic mass is 16.5. The molecule has 12 heavy (non-hydrogen) atoms. The second kappa shape index (κ2) is 4.24. The van der Waals surface area contributed by atoms with E-state index in [1.54, 1.807) is 13.0 Å². The summed E-state index contributed by atoms with van der Waals surface area (Å²) in [5.41, 5.74) is 0.410. The van der Waals surface area contributed by atoms with Crippen molar-refractivity contribution >= 4 is 5.97 Å². The van der Waals surface area contributed by atoms with Gasteiger partial charge in [0.15, 0.2) is 6.61 Å². The lowest BCUT2D eigenvalue weighted by molar-refractivity contribution is 0.0556. The molecule has 0 saturated heterocycles. The third-order valence-corrected chi connectivity index (χ3v) is 1.21. The zero-order valence-corrected chi connectivity index (χ0v) is 6.66. The van der Waals surface area contributed by atoms with Gasteiger partial charge in [0.2, 0.25) is 0 Å². The number of carbonyl (C=O) groups is 1. The molecule has 0 saturated carbocycles. The molecule has 3 nitrogen and oxygen atoms in total. The van der Waals surface area contributed by atoms with Crippen LogP contribution in [0.1, 0.15) is 17.3 Å². The molecule has 0 aliphatic heterocycles. The molecule has 0 aliphatic rings. The number of rotatable bonds is 2. The monoisotopic (exact) mass is 164 g/mol. The lowest BCUT2D eigenvalue weighted by Gasteiger charge is -1.95. The Bertz CT molecular complexity index is 300. The van der Waals surface area contributed by atoms with Crippen LogP contribution in [0.2, 0.25) is 0 Å². The van der Waals surface area contributed by atoms with Crippen molar-refractivity contribution in [3.8, 4) is 11.8 Å². The van der Waals surface area contributed by atoms with E-state index in [1.165, 1.54) is 12.5 Å². The van der Waals surface area contributed by atoms with Gasteiger partial charge in [-0.1, -0.05) is 5.92 Å². The quantitative estimate of drug-likeness (QED) is 0.490. The molecule has 0 fully saturated rings. The number of esters is 1. The lowest BCUT2D eigenvalue weighted by atomic mass is 10.3. The third-order valence-electron chi connectivity index (χ3n) is 1.21. The highest BCUT2D eigenvalue weighted by molar-refractivity contribution is 5.88. The molecule has 0 bridgehead atoms. The van der Waals surface area contributed by atoms with Crippen molar-refractivity contribution in [2.45, 2.75) is 6.92 Å². The van der Waals surface area contributed by atoms with Gasteiger partial charge in [0.05, 0.1) is 11.8 Å². The Balaban J connectivity index is 2.43. The van der Waals surface area contributed by atoms with Crippen LogP contribution in [0.15, 0.2) is 23.0 Å². The fourth-order valence-corrected chi connectivity index (χ4v) is 0.638. The van der Waals surface area contributed by atoms with E-state index in [2.05, 4.69) is 11.8 Å². The van der Waals surface area contributed by atoms with Gasteiger partial charge in [-0.15, -0.1) is 5.92 Å². The van der Waals surface area contributed by atoms with E-state index in [0.717, 1.165) is 0 Å². The maximum absolute atomic E-state index is 11.0. The average molecular weight is 164 g/mol. The molecule has 1 aromatic heterocycles. The molecule has 0 radical (unpaired) electrons. The van der Waals surface area contributed by atoms with Gasteiger partial charge in [0.25, 0.3) is 0 Å². The van der Waals surface area contributed by atoms with Gasteiger partial charge in [-0.25, -0.2) is 4.79 Å². The molecule has 0 spiro atoms. The molecule has 1 aromatic rings. The Hall–Kier alpha value is -1.69. The van der Waals surface area contributed by atoms with Crippen LogP contribution in [0.3, 0.4) is 0 Å². The van der Waals surface area contributed by atoms with E-state index in [9.17, 15) is 4.79 Å². The molecule has 1 heterocycles. The van der Waals surface area contributed by atoms with Gasteiger partial charge in [0, 0.05) is 0 Å². The zero-order chi connectivity index (χ0) is 8.81. The van der Waals surface area contributed by atoms with E-state index < -0.39 is 5.97 Å². The fourth-order valence-electron chi connectivity index (χ4n) is 0.638. The fraction of sp³-hybridized carbons (Fsp3) is 0.222. The highest BCUT2D eigenvalue weighted by Crippen LogP contribution is 2.01. The van der Waals surface area contributed by atoms with Crippen molar-refractivity contribution < 1.29 is 13.9 Å². The van der Waals surface area contributed by atoms with E-state index >= 15 is 0 Å². The van der Waals surface area contributed by atoms with Crippen molar-refractivity contribution in [3.05, 3.63) is 24.2 Å². The summed E-state index contributed by atoms with van der Waals surface area (Å²) < 4.78 is 9.46. The summed E-state index contributed by atoms with van der Waals surface area (Å²) in [4.78, 5) is 11.0. The first-order valence-electron chi connectivity index (χ1n) is 3.43. The minimum Gasteiger partial charge on any atom is -0.472 e. The second-order valence-corrected chi connectivity index (χ2v) is 2.01. The summed E-state index contributed by atoms with van der Waals surface area (Å²) in [6, 6.07) is 1.54. The Morgan fingerprint density at radius 3 is 3.17 bits per heavy atom. The first-order chi connectivity index (χ1) is 5.84. The number of ether oxygens (including phenoxy) is 1. The van der Waals surface area contributed by atoms with E-state index in [4.69, 9.17) is 9.15 Å². The molecule has 0 aromatic carbocycles. The predicted octanol–water partition coefficient (Wildman–Crippen LogP) is 1.46. The van der Waals surface area contributed by atoms with Gasteiger partial charge in [0.1, 0.15) is 6.26 Å². The van der Waals surface area contributed by atoms with Gasteiger partial charge in [-0.2, -0.15) is 0 Å². The van der Waals surface area contributed by atoms with Crippen LogP contribution < -0.4 is 0 Å². The van der Waals surface area contributed by atoms with Crippen molar-refractivity contribution in [1.82, 2.24) is 0 Å². The van der Waals surface area contributed by atoms with E-state index in [-0.39, 0.29) is 6.61 Å². The summed E-state index contributed by atoms with van der Waals surface area (Å²) >= 11 is 0. The maximum Gasteiger partial charge on any atom is 0.342 e. The summed E-state index contributed by atoms with van der Waals surface area (Å²) in [6.45, 7) is 1.81. The number of carbonyl (C=O) groups excluding carboxylic acids is 1. The highest BCUT2D eigenvalue weighted by Gasteiger charge is 2.06. The van der Waals surface area contributed by atoms with E-state index in [1.807, 2.05) is 0 Å². The van der Waals surface area contributed by atoms with Crippen molar-refractivity contribution in [2.75, 3.05) is 6.61 Å². The minimum absolute atomic E-state index is 0.126. The summed E-state index contributed by atoms with van der Waals surface area (Å²) in [7, 11) is 0. The maximum atomic E-state index is 11.0. The Labute approximate surface area is 70.3 Å². The standard InChI is InChI=1S/C9H8O3/c1-2-3-5-12-9(10)8-4-6-11-7-8/h4,6-7H,5H2,1H3. The largest absolute Gasteiger partial charge is 0.472 e. The molecule has 62 valence electrons. The second-order valence-electron chi connectivity index (χ2n) is 2.01. The zero-order valence-electron chi connectivity index (χ0n) is 6.66. The smallest absolute Gasteiger partial charge is 0.342 e. The third kappa shape index (κ3) is 2.17. The predicted molar refractivity (Wildman–Crippen MR) is 42.4 cm³/mol. The van der Waals surface area contributed by atoms with Crippen LogP contribution in [0.25, 0.3) is 0 Å². The first-order valence-corrected chi connectivity index (χ1v) is 3.43. The van der Waals surface area contributed by atoms with Crippen LogP contribution in [-0.4, -0.2) is 12.6 Å². The lowest BCUT2D eigenvalue weighted by Crippen LogP contribution is -2.03. The van der Waals surface area contributed by atoms with Gasteiger partial charge < -0.3 is 9.15 Å². The topological polar surface area (TPSA) is 39.4 Å². The first kappa shape index (κ1) is 8.41. The van der Waals surface area contributed by atoms with Gasteiger partial charge in [-0.3, -0.25) is 0 Å². The minimum atomic E-state index is -0.411. The van der Waals surface area contributed by atoms with Crippen LogP contribution in [0.4, 0.5) is 0 Å². The Morgan fingerprint density at radius 2 is 2.58 bits per heavy atom. The molecular weight excluding hydrogens is 156 g/mol. The molecule has 0 aliphatic carbocycles. The number of furan rings is 1. The summed E-state index contributed by atoms with van der Waals surface area (Å²) in [5, 5.41) is 0. The molecule has 0 atom stereocenters. The van der Waals surface area contributed by atoms with Gasteiger partial charge >= 0.3 is 5.97 Å². The van der Waals surface area contributed by atoms with Crippen LogP contribution >= 0.6 is 0 Å². The SMILES string of the molecule is CC#CCOC(=O)c1ccoc1. The molecular formula is C9H8O3. The molecule has 0 N–H and O–H groups in total. The van der Waals surface area contributed by atoms with Crippen LogP contribution in [-0.2, 0) is 4.74 Å². The van der Waals surface area contributed by atoms with Gasteiger partial charge in [-0.05, 0) is 13.0 Å². The summed E-state index contributed by atoms with van der Waals surface area (Å²) in [5.74, 6) is 4.82.